The molecule has 0 radical (unpaired) electrons. The van der Waals surface area contributed by atoms with Crippen molar-refractivity contribution in [2.24, 2.45) is 11.5 Å². The molecule has 2 atom stereocenters. The number of carboxylic acid groups (broad SMARTS) is 2. The fraction of sp³-hybridized carbons (Fsp3) is 0.154. The van der Waals surface area contributed by atoms with Crippen LogP contribution in [-0.4, -0.2) is 34.2 Å². The van der Waals surface area contributed by atoms with E-state index in [4.69, 9.17) is 11.5 Å². The lowest BCUT2D eigenvalue weighted by atomic mass is 10.1. The Kier molecular flexibility index (Phi) is 8.50. The second kappa shape index (κ2) is 11.7. The highest BCUT2D eigenvalue weighted by molar-refractivity contribution is 14.1. The van der Waals surface area contributed by atoms with Gasteiger partial charge in [0.15, 0.2) is 0 Å². The molecule has 0 amide bonds. The van der Waals surface area contributed by atoms with Crippen molar-refractivity contribution in [3.63, 3.8) is 0 Å². The van der Waals surface area contributed by atoms with Crippen LogP contribution in [0, 0.1) is 2.88 Å². The molecule has 196 valence electrons. The minimum absolute atomic E-state index is 0.233. The minimum atomic E-state index is -1.03. The Morgan fingerprint density at radius 1 is 0.711 bits per heavy atom. The molecule has 5 aromatic heterocycles. The summed E-state index contributed by atoms with van der Waals surface area (Å²) in [6.07, 6.45) is 0.468. The summed E-state index contributed by atoms with van der Waals surface area (Å²) in [5.74, 6) is -2.05. The molecule has 6 N–H and O–H groups in total. The van der Waals surface area contributed by atoms with Gasteiger partial charge in [0.25, 0.3) is 0 Å². The van der Waals surface area contributed by atoms with Gasteiger partial charge in [-0.1, -0.05) is 6.07 Å². The van der Waals surface area contributed by atoms with Gasteiger partial charge in [0.2, 0.25) is 0 Å². The first kappa shape index (κ1) is 27.6. The van der Waals surface area contributed by atoms with E-state index < -0.39 is 24.0 Å². The monoisotopic (exact) mass is 712 g/mol. The maximum atomic E-state index is 11.5. The van der Waals surface area contributed by atoms with Crippen molar-refractivity contribution >= 4 is 91.2 Å². The Labute approximate surface area is 252 Å². The van der Waals surface area contributed by atoms with E-state index in [-0.39, 0.29) is 12.8 Å². The minimum Gasteiger partial charge on any atom is -0.480 e. The van der Waals surface area contributed by atoms with Crippen molar-refractivity contribution in [1.29, 1.82) is 0 Å². The molecule has 5 rings (SSSR count). The Balaban J connectivity index is 1.55. The maximum Gasteiger partial charge on any atom is 0.320 e. The number of aliphatic carboxylic acids is 2. The molecule has 0 spiro atoms. The SMILES string of the molecule is N[C@H](Cc1cc(-c2cccs2)sc1-c1ccc(-c2sc(-c3ccc(I)s3)cc2C[C@H](N)C(=O)O)s1)C(=O)O. The van der Waals surface area contributed by atoms with Crippen molar-refractivity contribution in [3.05, 3.63) is 67.9 Å². The van der Waals surface area contributed by atoms with Crippen LogP contribution in [0.2, 0.25) is 0 Å². The molecule has 0 aromatic carbocycles. The van der Waals surface area contributed by atoms with Crippen LogP contribution in [0.4, 0.5) is 0 Å². The number of rotatable bonds is 10. The van der Waals surface area contributed by atoms with Gasteiger partial charge in [-0.25, -0.2) is 0 Å². The van der Waals surface area contributed by atoms with E-state index >= 15 is 0 Å². The molecule has 0 saturated heterocycles. The van der Waals surface area contributed by atoms with E-state index in [9.17, 15) is 19.8 Å². The Morgan fingerprint density at radius 3 is 1.68 bits per heavy atom. The predicted octanol–water partition coefficient (Wildman–Crippen LogP) is 7.18. The fourth-order valence-electron chi connectivity index (χ4n) is 3.92. The van der Waals surface area contributed by atoms with E-state index in [1.165, 1.54) is 2.88 Å². The first-order chi connectivity index (χ1) is 18.2. The lowest BCUT2D eigenvalue weighted by Gasteiger charge is -2.07. The van der Waals surface area contributed by atoms with E-state index in [0.717, 1.165) is 50.1 Å². The molecule has 0 bridgehead atoms. The molecular weight excluding hydrogens is 692 g/mol. The Bertz CT molecular complexity index is 1600. The number of halogens is 1. The highest BCUT2D eigenvalue weighted by atomic mass is 127. The van der Waals surface area contributed by atoms with Gasteiger partial charge >= 0.3 is 11.9 Å². The third-order valence-electron chi connectivity index (χ3n) is 5.77. The van der Waals surface area contributed by atoms with Crippen molar-refractivity contribution in [1.82, 2.24) is 0 Å². The molecule has 0 saturated carbocycles. The molecule has 12 heteroatoms. The third kappa shape index (κ3) is 5.97. The number of carboxylic acids is 2. The number of hydrogen-bond donors (Lipinski definition) is 4. The molecule has 0 aliphatic rings. The number of hydrogen-bond acceptors (Lipinski definition) is 9. The van der Waals surface area contributed by atoms with E-state index in [2.05, 4.69) is 52.9 Å². The van der Waals surface area contributed by atoms with Crippen LogP contribution in [0.5, 0.6) is 0 Å². The fourth-order valence-corrected chi connectivity index (χ4v) is 10.1. The summed E-state index contributed by atoms with van der Waals surface area (Å²) in [7, 11) is 0. The molecular formula is C26H21IN2O4S5. The molecule has 6 nitrogen and oxygen atoms in total. The summed E-state index contributed by atoms with van der Waals surface area (Å²) in [5.41, 5.74) is 13.7. The van der Waals surface area contributed by atoms with Crippen molar-refractivity contribution in [2.75, 3.05) is 0 Å². The van der Waals surface area contributed by atoms with Gasteiger partial charge in [0, 0.05) is 39.0 Å². The van der Waals surface area contributed by atoms with Crippen LogP contribution in [0.3, 0.4) is 0 Å². The average molecular weight is 713 g/mol. The van der Waals surface area contributed by atoms with Gasteiger partial charge in [0.05, 0.1) is 2.88 Å². The molecule has 0 fully saturated rings. The Morgan fingerprint density at radius 2 is 1.24 bits per heavy atom. The first-order valence-corrected chi connectivity index (χ1v) is 16.5. The summed E-state index contributed by atoms with van der Waals surface area (Å²) < 4.78 is 1.18. The number of nitrogens with two attached hydrogens (primary N) is 2. The van der Waals surface area contributed by atoms with Crippen LogP contribution in [0.15, 0.2) is 53.9 Å². The van der Waals surface area contributed by atoms with Crippen molar-refractivity contribution in [3.8, 4) is 39.0 Å². The van der Waals surface area contributed by atoms with Crippen molar-refractivity contribution < 1.29 is 19.8 Å². The standard InChI is InChI=1S/C26H21IN2O4S5/c27-22-6-5-17(36-22)21-11-13(9-15(29)26(32)33)24(38-21)19-4-3-18(35-19)23-12(8-14(28)25(30)31)10-20(37-23)16-2-1-7-34-16/h1-7,10-11,14-15H,8-9,28-29H2,(H,30,31)(H,32,33)/t14-,15+/m1/s1. The van der Waals surface area contributed by atoms with Crippen LogP contribution in [0.1, 0.15) is 11.1 Å². The lowest BCUT2D eigenvalue weighted by molar-refractivity contribution is -0.139. The van der Waals surface area contributed by atoms with Crippen LogP contribution < -0.4 is 11.5 Å². The summed E-state index contributed by atoms with van der Waals surface area (Å²) >= 11 is 10.5. The molecule has 38 heavy (non-hydrogen) atoms. The molecule has 5 aromatic rings. The highest BCUT2D eigenvalue weighted by Crippen LogP contribution is 2.47. The highest BCUT2D eigenvalue weighted by Gasteiger charge is 2.23. The Hall–Kier alpha value is -1.91. The van der Waals surface area contributed by atoms with Crippen LogP contribution >= 0.6 is 79.3 Å². The van der Waals surface area contributed by atoms with Gasteiger partial charge in [-0.2, -0.15) is 0 Å². The summed E-state index contributed by atoms with van der Waals surface area (Å²) in [5, 5.41) is 20.9. The second-order valence-corrected chi connectivity index (χ2v) is 15.6. The quantitative estimate of drug-likeness (QED) is 0.114. The topological polar surface area (TPSA) is 127 Å². The summed E-state index contributed by atoms with van der Waals surface area (Å²) in [4.78, 5) is 31.5. The zero-order valence-electron chi connectivity index (χ0n) is 19.5. The zero-order chi connectivity index (χ0) is 27.0. The van der Waals surface area contributed by atoms with Crippen LogP contribution in [-0.2, 0) is 22.4 Å². The van der Waals surface area contributed by atoms with Crippen LogP contribution in [0.25, 0.3) is 39.0 Å². The van der Waals surface area contributed by atoms with Gasteiger partial charge in [-0.3, -0.25) is 9.59 Å². The van der Waals surface area contributed by atoms with E-state index in [0.29, 0.717) is 0 Å². The smallest absolute Gasteiger partial charge is 0.320 e. The first-order valence-electron chi connectivity index (χ1n) is 11.3. The zero-order valence-corrected chi connectivity index (χ0v) is 25.8. The molecule has 5 heterocycles. The van der Waals surface area contributed by atoms with Gasteiger partial charge in [0.1, 0.15) is 12.1 Å². The molecule has 0 unspecified atom stereocenters. The predicted molar refractivity (Wildman–Crippen MR) is 169 cm³/mol. The summed E-state index contributed by atoms with van der Waals surface area (Å²) in [6, 6.07) is 14.4. The lowest BCUT2D eigenvalue weighted by Crippen LogP contribution is -2.32. The average Bonchev–Trinajstić information content (AvgIpc) is 3.68. The number of thiophene rings is 5. The van der Waals surface area contributed by atoms with Gasteiger partial charge in [-0.15, -0.1) is 56.7 Å². The van der Waals surface area contributed by atoms with E-state index in [1.54, 1.807) is 56.7 Å². The van der Waals surface area contributed by atoms with Gasteiger partial charge < -0.3 is 21.7 Å². The normalized spacial score (nSPS) is 13.0. The third-order valence-corrected chi connectivity index (χ3v) is 12.7. The van der Waals surface area contributed by atoms with Crippen molar-refractivity contribution in [2.45, 2.75) is 24.9 Å². The molecule has 0 aliphatic carbocycles. The summed E-state index contributed by atoms with van der Waals surface area (Å²) in [6.45, 7) is 0. The van der Waals surface area contributed by atoms with E-state index in [1.807, 2.05) is 23.6 Å². The largest absolute Gasteiger partial charge is 0.480 e. The van der Waals surface area contributed by atoms with Gasteiger partial charge in [-0.05, 0) is 94.4 Å². The molecule has 0 aliphatic heterocycles. The second-order valence-electron chi connectivity index (χ2n) is 8.47. The maximum absolute atomic E-state index is 11.5. The number of carbonyl (C=O) groups is 2.